The van der Waals surface area contributed by atoms with Crippen molar-refractivity contribution in [3.8, 4) is 17.2 Å². The van der Waals surface area contributed by atoms with E-state index >= 15 is 0 Å². The van der Waals surface area contributed by atoms with E-state index in [0.29, 0.717) is 5.56 Å². The third-order valence-corrected chi connectivity index (χ3v) is 2.15. The van der Waals surface area contributed by atoms with Gasteiger partial charge >= 0.3 is 0 Å². The molecule has 5 nitrogen and oxygen atoms in total. The lowest BCUT2D eigenvalue weighted by molar-refractivity contribution is 0.140. The molecule has 0 atom stereocenters. The van der Waals surface area contributed by atoms with Crippen LogP contribution in [0.4, 0.5) is 4.39 Å². The molecule has 0 aliphatic heterocycles. The maximum atomic E-state index is 13.6. The Labute approximate surface area is 92.5 Å². The normalized spacial score (nSPS) is 10.2. The number of aromatic hydroxyl groups is 1. The summed E-state index contributed by atoms with van der Waals surface area (Å²) in [6, 6.07) is 1.48. The van der Waals surface area contributed by atoms with Gasteiger partial charge in [-0.05, 0) is 6.07 Å². The number of phenols is 1. The van der Waals surface area contributed by atoms with Crippen molar-refractivity contribution in [2.24, 2.45) is 5.90 Å². The van der Waals surface area contributed by atoms with Crippen LogP contribution in [-0.4, -0.2) is 25.9 Å². The molecule has 1 aromatic carbocycles. The van der Waals surface area contributed by atoms with Crippen LogP contribution in [0.15, 0.2) is 6.07 Å². The molecule has 90 valence electrons. The van der Waals surface area contributed by atoms with Gasteiger partial charge < -0.3 is 19.4 Å². The Morgan fingerprint density at radius 2 is 2.06 bits per heavy atom. The lowest BCUT2D eigenvalue weighted by Gasteiger charge is -2.12. The number of ether oxygens (including phenoxy) is 2. The van der Waals surface area contributed by atoms with Crippen LogP contribution in [0.2, 0.25) is 0 Å². The Bertz CT molecular complexity index is 370. The molecule has 0 bridgehead atoms. The second kappa shape index (κ2) is 5.53. The van der Waals surface area contributed by atoms with Gasteiger partial charge in [0.05, 0.1) is 20.8 Å². The average Bonchev–Trinajstić information content (AvgIpc) is 2.30. The molecule has 1 rings (SSSR count). The molecule has 0 saturated heterocycles. The first-order valence-corrected chi connectivity index (χ1v) is 4.59. The first-order valence-electron chi connectivity index (χ1n) is 4.59. The van der Waals surface area contributed by atoms with Gasteiger partial charge in [-0.3, -0.25) is 0 Å². The molecule has 6 heteroatoms. The van der Waals surface area contributed by atoms with Gasteiger partial charge in [0.25, 0.3) is 0 Å². The average molecular weight is 231 g/mol. The minimum absolute atomic E-state index is 0.127. The molecule has 1 aromatic rings. The van der Waals surface area contributed by atoms with Crippen molar-refractivity contribution in [3.63, 3.8) is 0 Å². The smallest absolute Gasteiger partial charge is 0.210 e. The third-order valence-electron chi connectivity index (χ3n) is 2.15. The first-order chi connectivity index (χ1) is 7.65. The van der Waals surface area contributed by atoms with Gasteiger partial charge in [-0.2, -0.15) is 4.39 Å². The molecule has 0 saturated carbocycles. The number of phenolic OH excluding ortho intramolecular Hbond substituents is 1. The minimum atomic E-state index is -0.853. The van der Waals surface area contributed by atoms with E-state index in [1.807, 2.05) is 0 Å². The summed E-state index contributed by atoms with van der Waals surface area (Å²) in [4.78, 5) is 4.37. The standard InChI is InChI=1S/C10H14FNO4/c1-14-7-5-6(3-4-16-12)9(13)8(11)10(7)15-2/h5,13H,3-4,12H2,1-2H3. The predicted molar refractivity (Wildman–Crippen MR) is 55.0 cm³/mol. The van der Waals surface area contributed by atoms with Crippen molar-refractivity contribution in [1.29, 1.82) is 0 Å². The van der Waals surface area contributed by atoms with E-state index in [2.05, 4.69) is 4.84 Å². The van der Waals surface area contributed by atoms with E-state index in [1.54, 1.807) is 0 Å². The first kappa shape index (κ1) is 12.5. The molecule has 3 N–H and O–H groups in total. The van der Waals surface area contributed by atoms with Gasteiger partial charge in [0.15, 0.2) is 11.5 Å². The zero-order valence-corrected chi connectivity index (χ0v) is 9.12. The number of rotatable bonds is 5. The molecule has 0 fully saturated rings. The van der Waals surface area contributed by atoms with E-state index in [9.17, 15) is 9.50 Å². The summed E-state index contributed by atoms with van der Waals surface area (Å²) >= 11 is 0. The van der Waals surface area contributed by atoms with Gasteiger partial charge in [0, 0.05) is 12.0 Å². The highest BCUT2D eigenvalue weighted by Crippen LogP contribution is 2.38. The van der Waals surface area contributed by atoms with Crippen LogP contribution < -0.4 is 15.4 Å². The van der Waals surface area contributed by atoms with Crippen LogP contribution in [0, 0.1) is 5.82 Å². The van der Waals surface area contributed by atoms with Crippen molar-refractivity contribution >= 4 is 0 Å². The molecule has 0 radical (unpaired) electrons. The summed E-state index contributed by atoms with van der Waals surface area (Å²) in [7, 11) is 2.68. The zero-order valence-electron chi connectivity index (χ0n) is 9.12. The Morgan fingerprint density at radius 1 is 1.38 bits per heavy atom. The van der Waals surface area contributed by atoms with Crippen molar-refractivity contribution in [1.82, 2.24) is 0 Å². The molecule has 0 amide bonds. The topological polar surface area (TPSA) is 73.9 Å². The van der Waals surface area contributed by atoms with Gasteiger partial charge in [0.2, 0.25) is 11.6 Å². The van der Waals surface area contributed by atoms with Crippen LogP contribution in [0.3, 0.4) is 0 Å². The van der Waals surface area contributed by atoms with Crippen molar-refractivity contribution in [2.75, 3.05) is 20.8 Å². The molecule has 0 heterocycles. The van der Waals surface area contributed by atoms with Crippen LogP contribution in [0.1, 0.15) is 5.56 Å². The summed E-state index contributed by atoms with van der Waals surface area (Å²) in [5, 5.41) is 9.55. The lowest BCUT2D eigenvalue weighted by Crippen LogP contribution is -2.05. The minimum Gasteiger partial charge on any atom is -0.505 e. The van der Waals surface area contributed by atoms with Crippen LogP contribution in [-0.2, 0) is 11.3 Å². The summed E-state index contributed by atoms with van der Waals surface area (Å²) in [5.74, 6) is 3.62. The van der Waals surface area contributed by atoms with E-state index in [4.69, 9.17) is 15.4 Å². The van der Waals surface area contributed by atoms with Crippen molar-refractivity contribution in [2.45, 2.75) is 6.42 Å². The molecular weight excluding hydrogens is 217 g/mol. The molecule has 0 aromatic heterocycles. The molecule has 16 heavy (non-hydrogen) atoms. The van der Waals surface area contributed by atoms with Gasteiger partial charge in [-0.25, -0.2) is 5.90 Å². The second-order valence-corrected chi connectivity index (χ2v) is 3.05. The maximum absolute atomic E-state index is 13.6. The van der Waals surface area contributed by atoms with Crippen LogP contribution >= 0.6 is 0 Å². The van der Waals surface area contributed by atoms with Gasteiger partial charge in [-0.15, -0.1) is 0 Å². The number of hydrogen-bond donors (Lipinski definition) is 2. The fraction of sp³-hybridized carbons (Fsp3) is 0.400. The Balaban J connectivity index is 3.16. The Hall–Kier alpha value is -1.53. The number of nitrogens with two attached hydrogens (primary N) is 1. The van der Waals surface area contributed by atoms with E-state index in [1.165, 1.54) is 20.3 Å². The number of benzene rings is 1. The largest absolute Gasteiger partial charge is 0.505 e. The monoisotopic (exact) mass is 231 g/mol. The number of methoxy groups -OCH3 is 2. The zero-order chi connectivity index (χ0) is 12.1. The molecule has 0 spiro atoms. The molecule has 0 unspecified atom stereocenters. The highest BCUT2D eigenvalue weighted by Gasteiger charge is 2.18. The molecule has 0 aliphatic rings. The fourth-order valence-electron chi connectivity index (χ4n) is 1.35. The summed E-state index contributed by atoms with van der Waals surface area (Å²) in [6.07, 6.45) is 0.277. The summed E-state index contributed by atoms with van der Waals surface area (Å²) in [6.45, 7) is 0.169. The second-order valence-electron chi connectivity index (χ2n) is 3.05. The summed E-state index contributed by atoms with van der Waals surface area (Å²) in [5.41, 5.74) is 0.348. The molecular formula is C10H14FNO4. The van der Waals surface area contributed by atoms with Crippen molar-refractivity contribution < 1.29 is 23.8 Å². The van der Waals surface area contributed by atoms with E-state index < -0.39 is 11.6 Å². The van der Waals surface area contributed by atoms with Crippen LogP contribution in [0.25, 0.3) is 0 Å². The van der Waals surface area contributed by atoms with Gasteiger partial charge in [-0.1, -0.05) is 0 Å². The SMILES string of the molecule is COc1cc(CCON)c(O)c(F)c1OC. The lowest BCUT2D eigenvalue weighted by atomic mass is 10.1. The highest BCUT2D eigenvalue weighted by atomic mass is 19.1. The van der Waals surface area contributed by atoms with Gasteiger partial charge in [0.1, 0.15) is 0 Å². The fourth-order valence-corrected chi connectivity index (χ4v) is 1.35. The highest BCUT2D eigenvalue weighted by molar-refractivity contribution is 5.51. The summed E-state index contributed by atoms with van der Waals surface area (Å²) < 4.78 is 23.3. The van der Waals surface area contributed by atoms with Crippen molar-refractivity contribution in [3.05, 3.63) is 17.4 Å². The maximum Gasteiger partial charge on any atom is 0.210 e. The number of halogens is 1. The molecule has 0 aliphatic carbocycles. The predicted octanol–water partition coefficient (Wildman–Crippen LogP) is 0.981. The third kappa shape index (κ3) is 2.34. The van der Waals surface area contributed by atoms with E-state index in [0.717, 1.165) is 0 Å². The quantitative estimate of drug-likeness (QED) is 0.739. The Morgan fingerprint density at radius 3 is 2.56 bits per heavy atom. The number of hydrogen-bond acceptors (Lipinski definition) is 5. The Kier molecular flexibility index (Phi) is 4.33. The van der Waals surface area contributed by atoms with E-state index in [-0.39, 0.29) is 24.5 Å². The van der Waals surface area contributed by atoms with Crippen LogP contribution in [0.5, 0.6) is 17.2 Å².